The maximum Gasteiger partial charge on any atom is 0.190 e. The maximum atomic E-state index is 11.2. The summed E-state index contributed by atoms with van der Waals surface area (Å²) in [7, 11) is 0. The van der Waals surface area contributed by atoms with E-state index in [0.717, 1.165) is 16.7 Å². The number of hydrogen-bond donors (Lipinski definition) is 0. The van der Waals surface area contributed by atoms with Crippen molar-refractivity contribution in [1.29, 1.82) is 0 Å². The SMILES string of the molecule is Cc1ccc(C)c(-c2c(C)c2=O)c1. The quantitative estimate of drug-likeness (QED) is 0.646. The molecule has 1 nitrogen and oxygen atoms in total. The van der Waals surface area contributed by atoms with Crippen LogP contribution in [0.4, 0.5) is 0 Å². The van der Waals surface area contributed by atoms with Crippen molar-refractivity contribution in [3.63, 3.8) is 0 Å². The number of aryl methyl sites for hydroxylation is 2. The molecule has 0 N–H and O–H groups in total. The van der Waals surface area contributed by atoms with Crippen molar-refractivity contribution in [1.82, 2.24) is 0 Å². The molecule has 13 heavy (non-hydrogen) atoms. The van der Waals surface area contributed by atoms with Crippen LogP contribution in [-0.2, 0) is 0 Å². The Balaban J connectivity index is 2.59. The molecule has 2 aromatic carbocycles. The number of rotatable bonds is 1. The van der Waals surface area contributed by atoms with E-state index < -0.39 is 0 Å². The lowest BCUT2D eigenvalue weighted by atomic mass is 10.0. The van der Waals surface area contributed by atoms with E-state index in [1.165, 1.54) is 11.1 Å². The average Bonchev–Trinajstić information content (AvgIpc) is 2.66. The largest absolute Gasteiger partial charge is 0.289 e. The third-order valence-corrected chi connectivity index (χ3v) is 2.54. The molecule has 0 aliphatic rings. The molecule has 0 radical (unpaired) electrons. The molecule has 1 heteroatoms. The second-order valence-corrected chi connectivity index (χ2v) is 3.65. The minimum atomic E-state index is 0.230. The lowest BCUT2D eigenvalue weighted by Gasteiger charge is -2.00. The van der Waals surface area contributed by atoms with Gasteiger partial charge >= 0.3 is 0 Å². The van der Waals surface area contributed by atoms with E-state index in [-0.39, 0.29) is 5.43 Å². The lowest BCUT2D eigenvalue weighted by molar-refractivity contribution is 1.40. The van der Waals surface area contributed by atoms with Gasteiger partial charge in [-0.2, -0.15) is 0 Å². The third-order valence-electron chi connectivity index (χ3n) is 2.54. The Bertz CT molecular complexity index is 471. The van der Waals surface area contributed by atoms with Crippen LogP contribution in [0.15, 0.2) is 23.0 Å². The molecule has 0 heterocycles. The van der Waals surface area contributed by atoms with E-state index in [1.807, 2.05) is 20.8 Å². The third kappa shape index (κ3) is 1.21. The normalized spacial score (nSPS) is 11.0. The van der Waals surface area contributed by atoms with Crippen molar-refractivity contribution in [2.24, 2.45) is 0 Å². The first-order chi connectivity index (χ1) is 6.11. The van der Waals surface area contributed by atoms with Crippen molar-refractivity contribution < 1.29 is 0 Å². The molecule has 0 aromatic heterocycles. The van der Waals surface area contributed by atoms with Crippen molar-refractivity contribution in [2.45, 2.75) is 20.8 Å². The summed E-state index contributed by atoms with van der Waals surface area (Å²) in [6.45, 7) is 5.98. The lowest BCUT2D eigenvalue weighted by Crippen LogP contribution is -1.83. The van der Waals surface area contributed by atoms with Crippen LogP contribution in [0.1, 0.15) is 16.7 Å². The molecule has 0 atom stereocenters. The second-order valence-electron chi connectivity index (χ2n) is 3.65. The summed E-state index contributed by atoms with van der Waals surface area (Å²) in [5.41, 5.74) is 5.59. The van der Waals surface area contributed by atoms with Crippen LogP contribution in [0.5, 0.6) is 0 Å². The van der Waals surface area contributed by atoms with Crippen LogP contribution in [-0.4, -0.2) is 0 Å². The fourth-order valence-electron chi connectivity index (χ4n) is 1.59. The van der Waals surface area contributed by atoms with Gasteiger partial charge < -0.3 is 0 Å². The van der Waals surface area contributed by atoms with Gasteiger partial charge in [-0.25, -0.2) is 0 Å². The highest BCUT2D eigenvalue weighted by Crippen LogP contribution is 2.28. The van der Waals surface area contributed by atoms with E-state index in [1.54, 1.807) is 0 Å². The molecule has 0 bridgehead atoms. The van der Waals surface area contributed by atoms with Gasteiger partial charge in [-0.3, -0.25) is 4.79 Å². The van der Waals surface area contributed by atoms with Crippen LogP contribution in [0.2, 0.25) is 0 Å². The summed E-state index contributed by atoms with van der Waals surface area (Å²) in [5.74, 6) is 0. The standard InChI is InChI=1S/C12H12O/c1-7-4-5-8(2)10(6-7)11-9(3)12(11)13/h4-6H,1-3H3. The highest BCUT2D eigenvalue weighted by Gasteiger charge is 2.20. The predicted molar refractivity (Wildman–Crippen MR) is 54.7 cm³/mol. The van der Waals surface area contributed by atoms with E-state index in [4.69, 9.17) is 0 Å². The molecule has 0 saturated carbocycles. The van der Waals surface area contributed by atoms with Gasteiger partial charge in [0, 0.05) is 11.1 Å². The van der Waals surface area contributed by atoms with Gasteiger partial charge in [-0.1, -0.05) is 23.8 Å². The molecular weight excluding hydrogens is 160 g/mol. The minimum absolute atomic E-state index is 0.230. The van der Waals surface area contributed by atoms with Gasteiger partial charge in [0.2, 0.25) is 0 Å². The van der Waals surface area contributed by atoms with Crippen molar-refractivity contribution in [3.8, 4) is 11.1 Å². The highest BCUT2D eigenvalue weighted by molar-refractivity contribution is 5.78. The van der Waals surface area contributed by atoms with Crippen LogP contribution < -0.4 is 5.43 Å². The fourth-order valence-corrected chi connectivity index (χ4v) is 1.59. The topological polar surface area (TPSA) is 17.1 Å². The smallest absolute Gasteiger partial charge is 0.190 e. The van der Waals surface area contributed by atoms with Crippen molar-refractivity contribution >= 4 is 0 Å². The molecule has 2 rings (SSSR count). The van der Waals surface area contributed by atoms with Gasteiger partial charge in [-0.05, 0) is 31.9 Å². The molecule has 66 valence electrons. The van der Waals surface area contributed by atoms with Crippen LogP contribution in [0.25, 0.3) is 11.1 Å². The van der Waals surface area contributed by atoms with Gasteiger partial charge in [0.15, 0.2) is 5.43 Å². The molecule has 0 aliphatic heterocycles. The van der Waals surface area contributed by atoms with Crippen molar-refractivity contribution in [2.75, 3.05) is 0 Å². The van der Waals surface area contributed by atoms with Gasteiger partial charge in [-0.15, -0.1) is 0 Å². The van der Waals surface area contributed by atoms with Crippen molar-refractivity contribution in [3.05, 3.63) is 45.1 Å². The van der Waals surface area contributed by atoms with Gasteiger partial charge in [0.25, 0.3) is 0 Å². The number of benzene rings is 1. The van der Waals surface area contributed by atoms with E-state index in [9.17, 15) is 4.79 Å². The summed E-state index contributed by atoms with van der Waals surface area (Å²) in [5, 5.41) is 0. The molecule has 0 unspecified atom stereocenters. The summed E-state index contributed by atoms with van der Waals surface area (Å²) >= 11 is 0. The Morgan fingerprint density at radius 3 is 2.23 bits per heavy atom. The Morgan fingerprint density at radius 2 is 1.69 bits per heavy atom. The maximum absolute atomic E-state index is 11.2. The number of hydrogen-bond acceptors (Lipinski definition) is 1. The Kier molecular flexibility index (Phi) is 1.62. The first-order valence-corrected chi connectivity index (χ1v) is 4.44. The molecule has 0 spiro atoms. The zero-order chi connectivity index (χ0) is 9.59. The zero-order valence-corrected chi connectivity index (χ0v) is 8.14. The van der Waals surface area contributed by atoms with E-state index in [2.05, 4.69) is 18.2 Å². The zero-order valence-electron chi connectivity index (χ0n) is 8.14. The minimum Gasteiger partial charge on any atom is -0.289 e. The fraction of sp³-hybridized carbons (Fsp3) is 0.250. The monoisotopic (exact) mass is 172 g/mol. The summed E-state index contributed by atoms with van der Waals surface area (Å²) in [6.07, 6.45) is 0. The van der Waals surface area contributed by atoms with Gasteiger partial charge in [0.1, 0.15) is 0 Å². The highest BCUT2D eigenvalue weighted by atomic mass is 16.1. The first-order valence-electron chi connectivity index (χ1n) is 4.44. The van der Waals surface area contributed by atoms with Crippen LogP contribution >= 0.6 is 0 Å². The molecular formula is C12H12O. The Morgan fingerprint density at radius 1 is 1.08 bits per heavy atom. The first kappa shape index (κ1) is 8.24. The molecule has 0 fully saturated rings. The molecule has 0 saturated heterocycles. The summed E-state index contributed by atoms with van der Waals surface area (Å²) in [4.78, 5) is 11.2. The second kappa shape index (κ2) is 2.56. The molecule has 0 aliphatic carbocycles. The van der Waals surface area contributed by atoms with E-state index in [0.29, 0.717) is 0 Å². The Labute approximate surface area is 77.7 Å². The van der Waals surface area contributed by atoms with E-state index >= 15 is 0 Å². The van der Waals surface area contributed by atoms with Gasteiger partial charge in [0.05, 0.1) is 0 Å². The molecule has 2 aromatic rings. The predicted octanol–water partition coefficient (Wildman–Crippen LogP) is 2.51. The van der Waals surface area contributed by atoms with Crippen LogP contribution in [0.3, 0.4) is 0 Å². The summed E-state index contributed by atoms with van der Waals surface area (Å²) in [6, 6.07) is 6.22. The summed E-state index contributed by atoms with van der Waals surface area (Å²) < 4.78 is 0. The molecule has 0 amide bonds. The Hall–Kier alpha value is -1.37. The van der Waals surface area contributed by atoms with Crippen LogP contribution in [0, 0.1) is 20.8 Å². The average molecular weight is 172 g/mol.